The Morgan fingerprint density at radius 2 is 1.95 bits per heavy atom. The van der Waals surface area contributed by atoms with Crippen LogP contribution in [0.2, 0.25) is 0 Å². The van der Waals surface area contributed by atoms with Gasteiger partial charge in [0.15, 0.2) is 0 Å². The molecule has 0 bridgehead atoms. The van der Waals surface area contributed by atoms with Gasteiger partial charge in [0.1, 0.15) is 0 Å². The molecule has 0 radical (unpaired) electrons. The van der Waals surface area contributed by atoms with Crippen molar-refractivity contribution in [2.24, 2.45) is 5.10 Å². The quantitative estimate of drug-likeness (QED) is 0.845. The van der Waals surface area contributed by atoms with Gasteiger partial charge in [-0.1, -0.05) is 6.07 Å². The molecule has 2 aromatic rings. The number of hydrogen-bond donors (Lipinski definition) is 0. The Morgan fingerprint density at radius 3 is 2.70 bits per heavy atom. The average Bonchev–Trinajstić information content (AvgIpc) is 2.88. The molecule has 0 spiro atoms. The van der Waals surface area contributed by atoms with Crippen LogP contribution in [0.3, 0.4) is 0 Å². The van der Waals surface area contributed by atoms with Gasteiger partial charge in [-0.3, -0.25) is 14.8 Å². The van der Waals surface area contributed by atoms with Crippen LogP contribution in [0.4, 0.5) is 0 Å². The number of rotatable bonds is 4. The molecule has 0 saturated heterocycles. The summed E-state index contributed by atoms with van der Waals surface area (Å²) < 4.78 is 0. The average molecular weight is 266 g/mol. The summed E-state index contributed by atoms with van der Waals surface area (Å²) in [4.78, 5) is 20.2. The van der Waals surface area contributed by atoms with Crippen molar-refractivity contribution in [1.29, 1.82) is 0 Å². The van der Waals surface area contributed by atoms with Gasteiger partial charge in [-0.15, -0.1) is 0 Å². The zero-order valence-electron chi connectivity index (χ0n) is 10.9. The lowest BCUT2D eigenvalue weighted by Crippen LogP contribution is -2.23. The second-order valence-electron chi connectivity index (χ2n) is 4.55. The zero-order chi connectivity index (χ0) is 13.8. The Kier molecular flexibility index (Phi) is 3.50. The minimum atomic E-state index is 0.0349. The van der Waals surface area contributed by atoms with Gasteiger partial charge in [-0.2, -0.15) is 5.10 Å². The first-order valence-corrected chi connectivity index (χ1v) is 6.51. The Bertz CT molecular complexity index is 625. The Labute approximate surface area is 117 Å². The molecular weight excluding hydrogens is 252 g/mol. The fraction of sp³-hybridized carbons (Fsp3) is 0.200. The van der Waals surface area contributed by atoms with Gasteiger partial charge in [0.2, 0.25) is 5.91 Å². The van der Waals surface area contributed by atoms with E-state index in [1.54, 1.807) is 18.6 Å². The van der Waals surface area contributed by atoms with Crippen LogP contribution in [0.1, 0.15) is 17.7 Å². The van der Waals surface area contributed by atoms with Crippen molar-refractivity contribution in [1.82, 2.24) is 15.0 Å². The third-order valence-electron chi connectivity index (χ3n) is 3.17. The lowest BCUT2D eigenvalue weighted by molar-refractivity contribution is -0.128. The summed E-state index contributed by atoms with van der Waals surface area (Å²) in [6, 6.07) is 9.51. The molecule has 5 heteroatoms. The largest absolute Gasteiger partial charge is 0.273 e. The third-order valence-corrected chi connectivity index (χ3v) is 3.17. The molecular formula is C15H14N4O. The number of nitrogens with zero attached hydrogens (tertiary/aromatic N) is 4. The first-order valence-electron chi connectivity index (χ1n) is 6.51. The Hall–Kier alpha value is -2.56. The molecule has 0 saturated carbocycles. The molecule has 1 aliphatic heterocycles. The number of hydrogen-bond acceptors (Lipinski definition) is 4. The zero-order valence-corrected chi connectivity index (χ0v) is 10.9. The Morgan fingerprint density at radius 1 is 1.10 bits per heavy atom. The smallest absolute Gasteiger partial charge is 0.248 e. The summed E-state index contributed by atoms with van der Waals surface area (Å²) in [6.07, 6.45) is 6.23. The number of carbonyl (C=O) groups excluding carboxylic acids is 1. The molecule has 0 aliphatic carbocycles. The molecule has 3 heterocycles. The first kappa shape index (κ1) is 12.5. The first-order chi connectivity index (χ1) is 9.83. The lowest BCUT2D eigenvalue weighted by Gasteiger charge is -2.10. The molecule has 3 rings (SSSR count). The Balaban J connectivity index is 1.68. The fourth-order valence-electron chi connectivity index (χ4n) is 2.12. The van der Waals surface area contributed by atoms with Crippen molar-refractivity contribution >= 4 is 11.6 Å². The molecule has 5 nitrogen and oxygen atoms in total. The van der Waals surface area contributed by atoms with Crippen molar-refractivity contribution in [3.05, 3.63) is 60.2 Å². The van der Waals surface area contributed by atoms with E-state index < -0.39 is 0 Å². The number of aromatic nitrogens is 2. The van der Waals surface area contributed by atoms with E-state index in [1.807, 2.05) is 30.3 Å². The van der Waals surface area contributed by atoms with E-state index in [1.165, 1.54) is 5.01 Å². The second kappa shape index (κ2) is 5.61. The van der Waals surface area contributed by atoms with Gasteiger partial charge in [-0.05, 0) is 24.3 Å². The summed E-state index contributed by atoms with van der Waals surface area (Å²) in [6.45, 7) is 0.560. The summed E-state index contributed by atoms with van der Waals surface area (Å²) in [5.41, 5.74) is 2.72. The van der Waals surface area contributed by atoms with Crippen LogP contribution in [-0.4, -0.2) is 33.1 Å². The third kappa shape index (κ3) is 2.71. The topological polar surface area (TPSA) is 58.5 Å². The van der Waals surface area contributed by atoms with Crippen molar-refractivity contribution in [3.8, 4) is 0 Å². The van der Waals surface area contributed by atoms with E-state index in [9.17, 15) is 4.79 Å². The molecule has 2 aromatic heterocycles. The number of carbonyl (C=O) groups is 1. The van der Waals surface area contributed by atoms with E-state index >= 15 is 0 Å². The van der Waals surface area contributed by atoms with E-state index in [0.29, 0.717) is 19.4 Å². The monoisotopic (exact) mass is 266 g/mol. The maximum absolute atomic E-state index is 12.0. The number of pyridine rings is 2. The van der Waals surface area contributed by atoms with Crippen LogP contribution in [0.25, 0.3) is 0 Å². The second-order valence-corrected chi connectivity index (χ2v) is 4.55. The molecule has 0 N–H and O–H groups in total. The van der Waals surface area contributed by atoms with Gasteiger partial charge < -0.3 is 0 Å². The van der Waals surface area contributed by atoms with Gasteiger partial charge in [0.25, 0.3) is 0 Å². The van der Waals surface area contributed by atoms with Crippen molar-refractivity contribution in [2.75, 3.05) is 6.54 Å². The van der Waals surface area contributed by atoms with Crippen LogP contribution in [0.15, 0.2) is 54.0 Å². The summed E-state index contributed by atoms with van der Waals surface area (Å²) >= 11 is 0. The van der Waals surface area contributed by atoms with Crippen molar-refractivity contribution in [2.45, 2.75) is 12.8 Å². The van der Waals surface area contributed by atoms with E-state index in [4.69, 9.17) is 0 Å². The van der Waals surface area contributed by atoms with E-state index in [0.717, 1.165) is 17.0 Å². The fourth-order valence-corrected chi connectivity index (χ4v) is 2.12. The standard InChI is InChI=1S/C15H14N4O/c20-15-11-14(12-4-8-16-9-5-12)18-19(15)10-6-13-3-1-2-7-17-13/h1-5,7-9H,6,10-11H2. The van der Waals surface area contributed by atoms with Crippen LogP contribution < -0.4 is 0 Å². The number of hydrazone groups is 1. The van der Waals surface area contributed by atoms with Crippen LogP contribution in [-0.2, 0) is 11.2 Å². The highest BCUT2D eigenvalue weighted by Gasteiger charge is 2.24. The normalized spacial score (nSPS) is 14.5. The van der Waals surface area contributed by atoms with Crippen LogP contribution in [0.5, 0.6) is 0 Å². The van der Waals surface area contributed by atoms with Crippen LogP contribution in [0, 0.1) is 0 Å². The predicted molar refractivity (Wildman–Crippen MR) is 75.0 cm³/mol. The van der Waals surface area contributed by atoms with Crippen molar-refractivity contribution in [3.63, 3.8) is 0 Å². The van der Waals surface area contributed by atoms with E-state index in [2.05, 4.69) is 15.1 Å². The molecule has 20 heavy (non-hydrogen) atoms. The molecule has 1 amide bonds. The van der Waals surface area contributed by atoms with Gasteiger partial charge in [0, 0.05) is 36.3 Å². The predicted octanol–water partition coefficient (Wildman–Crippen LogP) is 1.66. The number of amides is 1. The SMILES string of the molecule is O=C1CC(c2ccncc2)=NN1CCc1ccccn1. The summed E-state index contributed by atoms with van der Waals surface area (Å²) in [7, 11) is 0. The molecule has 0 aromatic carbocycles. The van der Waals surface area contributed by atoms with Crippen molar-refractivity contribution < 1.29 is 4.79 Å². The van der Waals surface area contributed by atoms with Gasteiger partial charge in [-0.25, -0.2) is 5.01 Å². The molecule has 0 unspecified atom stereocenters. The minimum Gasteiger partial charge on any atom is -0.273 e. The minimum absolute atomic E-state index is 0.0349. The highest BCUT2D eigenvalue weighted by Crippen LogP contribution is 2.14. The molecule has 0 atom stereocenters. The summed E-state index contributed by atoms with van der Waals surface area (Å²) in [5, 5.41) is 5.93. The van der Waals surface area contributed by atoms with Crippen LogP contribution >= 0.6 is 0 Å². The maximum Gasteiger partial charge on any atom is 0.248 e. The molecule has 1 aliphatic rings. The summed E-state index contributed by atoms with van der Waals surface area (Å²) in [5.74, 6) is 0.0349. The maximum atomic E-state index is 12.0. The van der Waals surface area contributed by atoms with Gasteiger partial charge in [0.05, 0.1) is 18.7 Å². The highest BCUT2D eigenvalue weighted by atomic mass is 16.2. The lowest BCUT2D eigenvalue weighted by atomic mass is 10.1. The van der Waals surface area contributed by atoms with E-state index in [-0.39, 0.29) is 5.91 Å². The molecule has 0 fully saturated rings. The van der Waals surface area contributed by atoms with Gasteiger partial charge >= 0.3 is 0 Å². The highest BCUT2D eigenvalue weighted by molar-refractivity contribution is 6.13. The molecule has 100 valence electrons.